The Balaban J connectivity index is 1.80. The molecule has 0 fully saturated rings. The molecule has 0 saturated carbocycles. The zero-order chi connectivity index (χ0) is 32.6. The Morgan fingerprint density at radius 1 is 0.822 bits per heavy atom. The first-order chi connectivity index (χ1) is 21.5. The van der Waals surface area contributed by atoms with Crippen LogP contribution in [-0.4, -0.2) is 44.3 Å². The van der Waals surface area contributed by atoms with Gasteiger partial charge in [-0.3, -0.25) is 13.9 Å². The van der Waals surface area contributed by atoms with Crippen molar-refractivity contribution >= 4 is 39.1 Å². The number of hydrogen-bond acceptors (Lipinski definition) is 4. The zero-order valence-corrected chi connectivity index (χ0v) is 27.7. The maximum absolute atomic E-state index is 14.5. The molecule has 2 amide bonds. The first-order valence-electron chi connectivity index (χ1n) is 15.0. The van der Waals surface area contributed by atoms with E-state index >= 15 is 0 Å². The molecule has 0 aromatic heterocycles. The lowest BCUT2D eigenvalue weighted by Gasteiger charge is -2.34. The van der Waals surface area contributed by atoms with Crippen LogP contribution in [0, 0.1) is 19.8 Å². The van der Waals surface area contributed by atoms with Crippen molar-refractivity contribution in [3.63, 3.8) is 0 Å². The van der Waals surface area contributed by atoms with Gasteiger partial charge in [-0.1, -0.05) is 97.7 Å². The third-order valence-electron chi connectivity index (χ3n) is 7.56. The van der Waals surface area contributed by atoms with E-state index in [0.717, 1.165) is 26.6 Å². The lowest BCUT2D eigenvalue weighted by Crippen LogP contribution is -2.53. The highest BCUT2D eigenvalue weighted by Gasteiger charge is 2.34. The molecule has 9 heteroatoms. The van der Waals surface area contributed by atoms with Crippen LogP contribution in [0.3, 0.4) is 0 Å². The predicted octanol–water partition coefficient (Wildman–Crippen LogP) is 6.56. The summed E-state index contributed by atoms with van der Waals surface area (Å²) >= 11 is 6.14. The Morgan fingerprint density at radius 3 is 2.07 bits per heavy atom. The van der Waals surface area contributed by atoms with Gasteiger partial charge in [-0.25, -0.2) is 8.42 Å². The largest absolute Gasteiger partial charge is 0.354 e. The SMILES string of the molecule is Cc1ccc(S(=O)(=O)N(CC(=O)N(Cc2ccccc2C)[C@@H](Cc2ccccc2)C(=O)NCC(C)C)c2ccc(Cl)cc2)cc1. The minimum absolute atomic E-state index is 0.0526. The van der Waals surface area contributed by atoms with Gasteiger partial charge < -0.3 is 10.2 Å². The third-order valence-corrected chi connectivity index (χ3v) is 9.60. The Morgan fingerprint density at radius 2 is 1.44 bits per heavy atom. The van der Waals surface area contributed by atoms with Crippen molar-refractivity contribution in [2.75, 3.05) is 17.4 Å². The number of carbonyl (C=O) groups is 2. The third kappa shape index (κ3) is 8.96. The van der Waals surface area contributed by atoms with Gasteiger partial charge in [0.2, 0.25) is 11.8 Å². The summed E-state index contributed by atoms with van der Waals surface area (Å²) in [5.41, 5.74) is 3.89. The summed E-state index contributed by atoms with van der Waals surface area (Å²) in [7, 11) is -4.18. The highest BCUT2D eigenvalue weighted by molar-refractivity contribution is 7.92. The molecule has 0 heterocycles. The quantitative estimate of drug-likeness (QED) is 0.178. The smallest absolute Gasteiger partial charge is 0.264 e. The number of amides is 2. The Kier molecular flexibility index (Phi) is 11.4. The number of sulfonamides is 1. The average Bonchev–Trinajstić information content (AvgIpc) is 3.02. The summed E-state index contributed by atoms with van der Waals surface area (Å²) in [4.78, 5) is 30.0. The molecule has 4 aromatic rings. The summed E-state index contributed by atoms with van der Waals surface area (Å²) in [6.45, 7) is 7.87. The van der Waals surface area contributed by atoms with Crippen molar-refractivity contribution in [2.45, 2.75) is 51.6 Å². The number of rotatable bonds is 13. The van der Waals surface area contributed by atoms with Gasteiger partial charge >= 0.3 is 0 Å². The maximum atomic E-state index is 14.5. The van der Waals surface area contributed by atoms with Crippen LogP contribution < -0.4 is 9.62 Å². The van der Waals surface area contributed by atoms with E-state index in [9.17, 15) is 18.0 Å². The standard InChI is InChI=1S/C36H40ClN3O4S/c1-26(2)23-38-36(42)34(22-29-11-6-5-7-12-29)39(24-30-13-9-8-10-28(30)4)35(41)25-40(32-18-16-31(37)17-19-32)45(43,44)33-20-14-27(3)15-21-33/h5-21,26,34H,22-25H2,1-4H3,(H,38,42)/t34-/m0/s1. The maximum Gasteiger partial charge on any atom is 0.264 e. The molecular weight excluding hydrogens is 606 g/mol. The monoisotopic (exact) mass is 645 g/mol. The second kappa shape index (κ2) is 15.2. The first kappa shape index (κ1) is 33.7. The van der Waals surface area contributed by atoms with Crippen LogP contribution >= 0.6 is 11.6 Å². The summed E-state index contributed by atoms with van der Waals surface area (Å²) in [5.74, 6) is -0.606. The van der Waals surface area contributed by atoms with Crippen LogP contribution in [0.5, 0.6) is 0 Å². The second-order valence-corrected chi connectivity index (χ2v) is 13.9. The highest BCUT2D eigenvalue weighted by Crippen LogP contribution is 2.27. The predicted molar refractivity (Wildman–Crippen MR) is 181 cm³/mol. The Hall–Kier alpha value is -4.14. The molecule has 0 spiro atoms. The molecule has 4 rings (SSSR count). The van der Waals surface area contributed by atoms with E-state index in [1.165, 1.54) is 17.0 Å². The normalized spacial score (nSPS) is 12.0. The molecule has 0 saturated heterocycles. The van der Waals surface area contributed by atoms with Crippen LogP contribution in [0.4, 0.5) is 5.69 Å². The number of hydrogen-bond donors (Lipinski definition) is 1. The Labute approximate surface area is 271 Å². The molecule has 1 atom stereocenters. The van der Waals surface area contributed by atoms with Gasteiger partial charge in [0.15, 0.2) is 0 Å². The molecule has 0 unspecified atom stereocenters. The van der Waals surface area contributed by atoms with E-state index in [4.69, 9.17) is 11.6 Å². The van der Waals surface area contributed by atoms with Crippen LogP contribution in [0.25, 0.3) is 0 Å². The van der Waals surface area contributed by atoms with Gasteiger partial charge in [-0.05, 0) is 72.9 Å². The topological polar surface area (TPSA) is 86.8 Å². The molecule has 0 bridgehead atoms. The van der Waals surface area contributed by atoms with E-state index in [0.29, 0.717) is 11.6 Å². The van der Waals surface area contributed by atoms with Crippen molar-refractivity contribution in [2.24, 2.45) is 5.92 Å². The van der Waals surface area contributed by atoms with Crippen molar-refractivity contribution < 1.29 is 18.0 Å². The van der Waals surface area contributed by atoms with Gasteiger partial charge in [0.25, 0.3) is 10.0 Å². The summed E-state index contributed by atoms with van der Waals surface area (Å²) in [5, 5.41) is 3.45. The zero-order valence-electron chi connectivity index (χ0n) is 26.1. The van der Waals surface area contributed by atoms with E-state index in [1.54, 1.807) is 36.4 Å². The van der Waals surface area contributed by atoms with E-state index in [-0.39, 0.29) is 35.4 Å². The molecule has 236 valence electrons. The molecule has 45 heavy (non-hydrogen) atoms. The minimum Gasteiger partial charge on any atom is -0.354 e. The minimum atomic E-state index is -4.18. The number of halogens is 1. The number of anilines is 1. The lowest BCUT2D eigenvalue weighted by molar-refractivity contribution is -0.140. The van der Waals surface area contributed by atoms with Gasteiger partial charge in [0.1, 0.15) is 12.6 Å². The highest BCUT2D eigenvalue weighted by atomic mass is 35.5. The molecule has 7 nitrogen and oxygen atoms in total. The van der Waals surface area contributed by atoms with Crippen LogP contribution in [-0.2, 0) is 32.6 Å². The van der Waals surface area contributed by atoms with Gasteiger partial charge in [-0.2, -0.15) is 0 Å². The van der Waals surface area contributed by atoms with Crippen molar-refractivity contribution in [3.05, 3.63) is 130 Å². The fourth-order valence-corrected chi connectivity index (χ4v) is 6.46. The van der Waals surface area contributed by atoms with Gasteiger partial charge in [0.05, 0.1) is 10.6 Å². The molecule has 0 aliphatic heterocycles. The van der Waals surface area contributed by atoms with Crippen molar-refractivity contribution in [1.29, 1.82) is 0 Å². The number of carbonyl (C=O) groups excluding carboxylic acids is 2. The van der Waals surface area contributed by atoms with E-state index < -0.39 is 28.5 Å². The van der Waals surface area contributed by atoms with Crippen LogP contribution in [0.2, 0.25) is 5.02 Å². The van der Waals surface area contributed by atoms with Crippen molar-refractivity contribution in [3.8, 4) is 0 Å². The number of nitrogens with zero attached hydrogens (tertiary/aromatic N) is 2. The fourth-order valence-electron chi connectivity index (χ4n) is 4.92. The fraction of sp³-hybridized carbons (Fsp3) is 0.278. The molecule has 4 aromatic carbocycles. The molecule has 1 N–H and O–H groups in total. The van der Waals surface area contributed by atoms with Gasteiger partial charge in [0, 0.05) is 24.5 Å². The summed E-state index contributed by atoms with van der Waals surface area (Å²) in [6.07, 6.45) is 0.258. The molecule has 0 aliphatic carbocycles. The number of nitrogens with one attached hydrogen (secondary N) is 1. The van der Waals surface area contributed by atoms with E-state index in [1.807, 2.05) is 82.3 Å². The van der Waals surface area contributed by atoms with Crippen LogP contribution in [0.15, 0.2) is 108 Å². The molecule has 0 radical (unpaired) electrons. The molecule has 0 aliphatic rings. The van der Waals surface area contributed by atoms with E-state index in [2.05, 4.69) is 5.32 Å². The summed E-state index contributed by atoms with van der Waals surface area (Å²) in [6, 6.07) is 29.1. The average molecular weight is 646 g/mol. The Bertz CT molecular complexity index is 1690. The van der Waals surface area contributed by atoms with Crippen molar-refractivity contribution in [1.82, 2.24) is 10.2 Å². The number of aryl methyl sites for hydroxylation is 2. The molecular formula is C36H40ClN3O4S. The summed E-state index contributed by atoms with van der Waals surface area (Å²) < 4.78 is 29.3. The first-order valence-corrected chi connectivity index (χ1v) is 16.8. The lowest BCUT2D eigenvalue weighted by atomic mass is 10.0. The van der Waals surface area contributed by atoms with Gasteiger partial charge in [-0.15, -0.1) is 0 Å². The second-order valence-electron chi connectivity index (χ2n) is 11.6. The van der Waals surface area contributed by atoms with Crippen LogP contribution in [0.1, 0.15) is 36.1 Å². The number of benzene rings is 4.